The lowest BCUT2D eigenvalue weighted by atomic mass is 10.1. The predicted octanol–water partition coefficient (Wildman–Crippen LogP) is 4.55. The monoisotopic (exact) mass is 312 g/mol. The van der Waals surface area contributed by atoms with Crippen LogP contribution in [0.5, 0.6) is 0 Å². The maximum absolute atomic E-state index is 13.0. The van der Waals surface area contributed by atoms with E-state index >= 15 is 0 Å². The SMILES string of the molecule is CCC(C)c1nc2cccc(Cl)c2c(=O)n1-c1ccccc1. The Morgan fingerprint density at radius 1 is 1.14 bits per heavy atom. The van der Waals surface area contributed by atoms with Gasteiger partial charge >= 0.3 is 0 Å². The van der Waals surface area contributed by atoms with Gasteiger partial charge in [-0.25, -0.2) is 4.98 Å². The van der Waals surface area contributed by atoms with E-state index in [-0.39, 0.29) is 11.5 Å². The van der Waals surface area contributed by atoms with Crippen LogP contribution < -0.4 is 5.56 Å². The van der Waals surface area contributed by atoms with E-state index in [1.165, 1.54) is 0 Å². The first kappa shape index (κ1) is 14.8. The third kappa shape index (κ3) is 2.42. The molecule has 3 nitrogen and oxygen atoms in total. The lowest BCUT2D eigenvalue weighted by molar-refractivity contribution is 0.649. The molecule has 0 saturated heterocycles. The average Bonchev–Trinajstić information content (AvgIpc) is 2.54. The summed E-state index contributed by atoms with van der Waals surface area (Å²) in [5.74, 6) is 0.949. The molecule has 0 saturated carbocycles. The first-order valence-corrected chi connectivity index (χ1v) is 7.78. The summed E-state index contributed by atoms with van der Waals surface area (Å²) in [4.78, 5) is 17.8. The van der Waals surface area contributed by atoms with Crippen LogP contribution in [0.4, 0.5) is 0 Å². The minimum Gasteiger partial charge on any atom is -0.268 e. The molecule has 4 heteroatoms. The highest BCUT2D eigenvalue weighted by Gasteiger charge is 2.17. The first-order valence-electron chi connectivity index (χ1n) is 7.40. The second-order valence-corrected chi connectivity index (χ2v) is 5.80. The Bertz CT molecular complexity index is 871. The highest BCUT2D eigenvalue weighted by atomic mass is 35.5. The van der Waals surface area contributed by atoms with Crippen LogP contribution in [-0.4, -0.2) is 9.55 Å². The van der Waals surface area contributed by atoms with Crippen molar-refractivity contribution in [2.24, 2.45) is 0 Å². The van der Waals surface area contributed by atoms with Crippen LogP contribution in [0.15, 0.2) is 53.3 Å². The van der Waals surface area contributed by atoms with Crippen molar-refractivity contribution in [3.8, 4) is 5.69 Å². The van der Waals surface area contributed by atoms with Crippen LogP contribution in [0.3, 0.4) is 0 Å². The normalized spacial score (nSPS) is 12.5. The van der Waals surface area contributed by atoms with Gasteiger partial charge in [-0.2, -0.15) is 0 Å². The predicted molar refractivity (Wildman–Crippen MR) is 91.1 cm³/mol. The molecule has 0 bridgehead atoms. The molecule has 2 aromatic carbocycles. The second kappa shape index (κ2) is 5.93. The number of rotatable bonds is 3. The second-order valence-electron chi connectivity index (χ2n) is 5.39. The van der Waals surface area contributed by atoms with E-state index in [1.54, 1.807) is 10.6 Å². The molecule has 1 heterocycles. The van der Waals surface area contributed by atoms with Crippen molar-refractivity contribution in [1.82, 2.24) is 9.55 Å². The highest BCUT2D eigenvalue weighted by Crippen LogP contribution is 2.24. The van der Waals surface area contributed by atoms with Crippen molar-refractivity contribution in [3.63, 3.8) is 0 Å². The Balaban J connectivity index is 2.44. The molecule has 1 atom stereocenters. The van der Waals surface area contributed by atoms with Crippen LogP contribution >= 0.6 is 11.6 Å². The van der Waals surface area contributed by atoms with Gasteiger partial charge in [-0.15, -0.1) is 0 Å². The smallest absolute Gasteiger partial charge is 0.267 e. The Labute approximate surface area is 134 Å². The minimum absolute atomic E-state index is 0.114. The van der Waals surface area contributed by atoms with Crippen molar-refractivity contribution in [3.05, 3.63) is 69.7 Å². The van der Waals surface area contributed by atoms with E-state index in [9.17, 15) is 4.79 Å². The van der Waals surface area contributed by atoms with E-state index in [4.69, 9.17) is 16.6 Å². The minimum atomic E-state index is -0.114. The van der Waals surface area contributed by atoms with Gasteiger partial charge in [-0.3, -0.25) is 9.36 Å². The maximum atomic E-state index is 13.0. The van der Waals surface area contributed by atoms with Crippen molar-refractivity contribution >= 4 is 22.5 Å². The van der Waals surface area contributed by atoms with Gasteiger partial charge in [0.1, 0.15) is 5.82 Å². The van der Waals surface area contributed by atoms with Crippen molar-refractivity contribution in [2.45, 2.75) is 26.2 Å². The van der Waals surface area contributed by atoms with E-state index in [2.05, 4.69) is 13.8 Å². The molecule has 0 aliphatic carbocycles. The third-order valence-electron chi connectivity index (χ3n) is 3.94. The zero-order chi connectivity index (χ0) is 15.7. The summed E-state index contributed by atoms with van der Waals surface area (Å²) in [5.41, 5.74) is 1.36. The molecule has 112 valence electrons. The van der Waals surface area contributed by atoms with Crippen molar-refractivity contribution < 1.29 is 0 Å². The highest BCUT2D eigenvalue weighted by molar-refractivity contribution is 6.35. The number of aromatic nitrogens is 2. The topological polar surface area (TPSA) is 34.9 Å². The van der Waals surface area contributed by atoms with Gasteiger partial charge in [-0.05, 0) is 30.7 Å². The molecule has 0 amide bonds. The van der Waals surface area contributed by atoms with Crippen LogP contribution in [0.1, 0.15) is 32.0 Å². The van der Waals surface area contributed by atoms with Gasteiger partial charge in [-0.1, -0.05) is 49.7 Å². The summed E-state index contributed by atoms with van der Waals surface area (Å²) in [5, 5.41) is 0.912. The first-order chi connectivity index (χ1) is 10.6. The number of hydrogen-bond acceptors (Lipinski definition) is 2. The average molecular weight is 313 g/mol. The van der Waals surface area contributed by atoms with Gasteiger partial charge in [0, 0.05) is 5.92 Å². The molecule has 0 radical (unpaired) electrons. The molecule has 22 heavy (non-hydrogen) atoms. The van der Waals surface area contributed by atoms with Crippen LogP contribution in [0, 0.1) is 0 Å². The van der Waals surface area contributed by atoms with Gasteiger partial charge in [0.25, 0.3) is 5.56 Å². The van der Waals surface area contributed by atoms with Crippen molar-refractivity contribution in [1.29, 1.82) is 0 Å². The summed E-state index contributed by atoms with van der Waals surface area (Å²) >= 11 is 6.23. The lowest BCUT2D eigenvalue weighted by Gasteiger charge is -2.17. The largest absolute Gasteiger partial charge is 0.268 e. The summed E-state index contributed by atoms with van der Waals surface area (Å²) in [7, 11) is 0. The van der Waals surface area contributed by atoms with Crippen LogP contribution in [0.25, 0.3) is 16.6 Å². The van der Waals surface area contributed by atoms with E-state index < -0.39 is 0 Å². The maximum Gasteiger partial charge on any atom is 0.267 e. The van der Waals surface area contributed by atoms with Crippen LogP contribution in [0.2, 0.25) is 5.02 Å². The fourth-order valence-corrected chi connectivity index (χ4v) is 2.80. The summed E-state index contributed by atoms with van der Waals surface area (Å²) in [6, 6.07) is 15.0. The molecule has 0 aliphatic rings. The van der Waals surface area contributed by atoms with E-state index in [1.807, 2.05) is 42.5 Å². The molecule has 3 rings (SSSR count). The number of fused-ring (bicyclic) bond motifs is 1. The van der Waals surface area contributed by atoms with Crippen LogP contribution in [-0.2, 0) is 0 Å². The Morgan fingerprint density at radius 2 is 1.86 bits per heavy atom. The number of nitrogens with zero attached hydrogens (tertiary/aromatic N) is 2. The number of para-hydroxylation sites is 1. The molecule has 1 unspecified atom stereocenters. The lowest BCUT2D eigenvalue weighted by Crippen LogP contribution is -2.25. The fourth-order valence-electron chi connectivity index (χ4n) is 2.55. The molecule has 0 N–H and O–H groups in total. The van der Waals surface area contributed by atoms with E-state index in [0.717, 1.165) is 17.9 Å². The number of hydrogen-bond donors (Lipinski definition) is 0. The molecular formula is C18H17ClN2O. The molecule has 0 aliphatic heterocycles. The van der Waals surface area contributed by atoms with Gasteiger partial charge < -0.3 is 0 Å². The zero-order valence-corrected chi connectivity index (χ0v) is 13.3. The fraction of sp³-hybridized carbons (Fsp3) is 0.222. The van der Waals surface area contributed by atoms with E-state index in [0.29, 0.717) is 15.9 Å². The molecular weight excluding hydrogens is 296 g/mol. The summed E-state index contributed by atoms with van der Waals surface area (Å²) in [6.07, 6.45) is 0.908. The molecule has 1 aromatic heterocycles. The number of halogens is 1. The molecule has 3 aromatic rings. The molecule has 0 fully saturated rings. The Morgan fingerprint density at radius 3 is 2.55 bits per heavy atom. The summed E-state index contributed by atoms with van der Waals surface area (Å²) in [6.45, 7) is 4.17. The van der Waals surface area contributed by atoms with Gasteiger partial charge in [0.2, 0.25) is 0 Å². The van der Waals surface area contributed by atoms with Crippen molar-refractivity contribution in [2.75, 3.05) is 0 Å². The third-order valence-corrected chi connectivity index (χ3v) is 4.26. The van der Waals surface area contributed by atoms with Gasteiger partial charge in [0.15, 0.2) is 0 Å². The van der Waals surface area contributed by atoms with Gasteiger partial charge in [0.05, 0.1) is 21.6 Å². The standard InChI is InChI=1S/C18H17ClN2O/c1-3-12(2)17-20-15-11-7-10-14(19)16(15)18(22)21(17)13-8-5-4-6-9-13/h4-12H,3H2,1-2H3. The number of benzene rings is 2. The Kier molecular flexibility index (Phi) is 3.99. The zero-order valence-electron chi connectivity index (χ0n) is 12.6. The Hall–Kier alpha value is -2.13. The quantitative estimate of drug-likeness (QED) is 0.711. The summed E-state index contributed by atoms with van der Waals surface area (Å²) < 4.78 is 1.68. The molecule has 0 spiro atoms.